The van der Waals surface area contributed by atoms with Gasteiger partial charge in [-0.1, -0.05) is 12.2 Å². The van der Waals surface area contributed by atoms with E-state index >= 15 is 0 Å². The van der Waals surface area contributed by atoms with E-state index < -0.39 is 4.92 Å². The van der Waals surface area contributed by atoms with E-state index in [4.69, 9.17) is 4.74 Å². The average Bonchev–Trinajstić information content (AvgIpc) is 3.62. The summed E-state index contributed by atoms with van der Waals surface area (Å²) in [5.41, 5.74) is 1.61. The highest BCUT2D eigenvalue weighted by atomic mass is 16.6. The molecule has 6 atom stereocenters. The molecule has 1 saturated heterocycles. The van der Waals surface area contributed by atoms with E-state index in [2.05, 4.69) is 17.3 Å². The van der Waals surface area contributed by atoms with Gasteiger partial charge in [0.05, 0.1) is 23.0 Å². The number of amides is 2. The topological polar surface area (TPSA) is 102 Å². The molecule has 0 unspecified atom stereocenters. The number of nitrogens with zero attached hydrogens (tertiary/aromatic N) is 3. The Morgan fingerprint density at radius 1 is 0.970 bits per heavy atom. The zero-order chi connectivity index (χ0) is 22.7. The largest absolute Gasteiger partial charge is 0.489 e. The van der Waals surface area contributed by atoms with Gasteiger partial charge in [0.25, 0.3) is 17.5 Å². The molecule has 3 fully saturated rings. The molecule has 2 aromatic carbocycles. The number of non-ortho nitro benzene ring substituents is 1. The normalized spacial score (nSPS) is 31.1. The summed E-state index contributed by atoms with van der Waals surface area (Å²) in [4.78, 5) is 36.2. The Morgan fingerprint density at radius 3 is 2.15 bits per heavy atom. The summed E-state index contributed by atoms with van der Waals surface area (Å²) < 4.78 is 5.73. The molecule has 8 nitrogen and oxygen atoms in total. The van der Waals surface area contributed by atoms with Crippen LogP contribution in [-0.2, 0) is 16.2 Å². The quantitative estimate of drug-likeness (QED) is 0.223. The monoisotopic (exact) mass is 443 g/mol. The van der Waals surface area contributed by atoms with Crippen molar-refractivity contribution in [1.29, 1.82) is 0 Å². The fourth-order valence-electron chi connectivity index (χ4n) is 5.71. The van der Waals surface area contributed by atoms with Crippen molar-refractivity contribution in [2.24, 2.45) is 40.6 Å². The fraction of sp³-hybridized carbons (Fsp3) is 0.320. The number of carbonyl (C=O) groups excluding carboxylic acids is 2. The highest BCUT2D eigenvalue weighted by Crippen LogP contribution is 2.65. The first-order valence-electron chi connectivity index (χ1n) is 11.1. The number of benzene rings is 2. The van der Waals surface area contributed by atoms with E-state index in [9.17, 15) is 19.7 Å². The van der Waals surface area contributed by atoms with Gasteiger partial charge in [-0.3, -0.25) is 19.7 Å². The number of carbonyl (C=O) groups is 2. The summed E-state index contributed by atoms with van der Waals surface area (Å²) in [6, 6.07) is 13.4. The van der Waals surface area contributed by atoms with Gasteiger partial charge in [-0.2, -0.15) is 10.1 Å². The number of imide groups is 1. The van der Waals surface area contributed by atoms with Crippen molar-refractivity contribution in [2.45, 2.75) is 13.0 Å². The minimum Gasteiger partial charge on any atom is -0.489 e. The van der Waals surface area contributed by atoms with E-state index in [-0.39, 0.29) is 47.8 Å². The first-order valence-corrected chi connectivity index (χ1v) is 11.1. The fourth-order valence-corrected chi connectivity index (χ4v) is 5.71. The van der Waals surface area contributed by atoms with E-state index in [0.717, 1.165) is 22.6 Å². The predicted octanol–water partition coefficient (Wildman–Crippen LogP) is 3.56. The molecule has 2 bridgehead atoms. The molecule has 2 saturated carbocycles. The third kappa shape index (κ3) is 3.25. The van der Waals surface area contributed by atoms with Gasteiger partial charge < -0.3 is 4.74 Å². The summed E-state index contributed by atoms with van der Waals surface area (Å²) >= 11 is 0. The SMILES string of the molecule is O=C1[C@@H]2[C@@H]3C=C[C@H]([C@@H]4C[C@H]34)[C@H]2C(=O)N1/N=C\c1ccc(OCc2ccc([N+](=O)[O-])cc2)cc1. The Balaban J connectivity index is 1.09. The summed E-state index contributed by atoms with van der Waals surface area (Å²) in [5, 5.41) is 16.1. The average molecular weight is 443 g/mol. The van der Waals surface area contributed by atoms with Gasteiger partial charge in [-0.05, 0) is 77.6 Å². The van der Waals surface area contributed by atoms with Gasteiger partial charge in [-0.25, -0.2) is 0 Å². The van der Waals surface area contributed by atoms with Crippen LogP contribution in [0, 0.1) is 45.6 Å². The number of nitro groups is 1. The number of hydrazone groups is 1. The van der Waals surface area contributed by atoms with Gasteiger partial charge in [0, 0.05) is 12.1 Å². The first-order chi connectivity index (χ1) is 16.0. The predicted molar refractivity (Wildman–Crippen MR) is 118 cm³/mol. The van der Waals surface area contributed by atoms with Crippen molar-refractivity contribution in [3.05, 3.63) is 81.9 Å². The molecule has 166 valence electrons. The van der Waals surface area contributed by atoms with Crippen molar-refractivity contribution in [2.75, 3.05) is 0 Å². The molecule has 1 heterocycles. The molecule has 33 heavy (non-hydrogen) atoms. The van der Waals surface area contributed by atoms with Crippen LogP contribution in [0.3, 0.4) is 0 Å². The second-order valence-electron chi connectivity index (χ2n) is 9.17. The van der Waals surface area contributed by atoms with Crippen molar-refractivity contribution >= 4 is 23.7 Å². The van der Waals surface area contributed by atoms with E-state index in [1.54, 1.807) is 36.4 Å². The number of allylic oxidation sites excluding steroid dienone is 2. The first kappa shape index (κ1) is 19.8. The third-order valence-corrected chi connectivity index (χ3v) is 7.39. The minimum atomic E-state index is -0.439. The van der Waals surface area contributed by atoms with Crippen molar-refractivity contribution in [3.63, 3.8) is 0 Å². The van der Waals surface area contributed by atoms with Crippen molar-refractivity contribution < 1.29 is 19.2 Å². The molecule has 2 aromatic rings. The maximum atomic E-state index is 13.0. The van der Waals surface area contributed by atoms with Crippen LogP contribution in [0.15, 0.2) is 65.8 Å². The molecule has 0 N–H and O–H groups in total. The Morgan fingerprint density at radius 2 is 1.58 bits per heavy atom. The molecule has 4 aliphatic carbocycles. The zero-order valence-corrected chi connectivity index (χ0v) is 17.6. The number of hydrogen-bond acceptors (Lipinski definition) is 6. The molecule has 7 rings (SSSR count). The lowest BCUT2D eigenvalue weighted by Crippen LogP contribution is -2.40. The summed E-state index contributed by atoms with van der Waals surface area (Å²) in [5.74, 6) is 1.31. The van der Waals surface area contributed by atoms with Crippen LogP contribution < -0.4 is 4.74 Å². The highest BCUT2D eigenvalue weighted by Gasteiger charge is 2.67. The molecular formula is C25H21N3O5. The molecular weight excluding hydrogens is 422 g/mol. The lowest BCUT2D eigenvalue weighted by Gasteiger charge is -2.37. The Hall–Kier alpha value is -3.81. The van der Waals surface area contributed by atoms with Crippen LogP contribution in [0.4, 0.5) is 5.69 Å². The van der Waals surface area contributed by atoms with E-state index in [0.29, 0.717) is 17.6 Å². The molecule has 0 radical (unpaired) electrons. The second kappa shape index (κ2) is 7.37. The summed E-state index contributed by atoms with van der Waals surface area (Å²) in [6.07, 6.45) is 6.96. The molecule has 2 amide bonds. The third-order valence-electron chi connectivity index (χ3n) is 7.39. The van der Waals surface area contributed by atoms with Gasteiger partial charge in [0.1, 0.15) is 12.4 Å². The van der Waals surface area contributed by atoms with Crippen LogP contribution in [0.5, 0.6) is 5.75 Å². The number of hydrogen-bond donors (Lipinski definition) is 0. The molecule has 5 aliphatic rings. The lowest BCUT2D eigenvalue weighted by molar-refractivity contribution is -0.384. The standard InChI is InChI=1S/C25H21N3O5/c29-24-22-18-9-10-19(21-11-20(18)21)23(22)25(30)27(24)26-12-14-3-7-17(8-4-14)33-13-15-1-5-16(6-2-15)28(31)32/h1-10,12,18-23H,11,13H2/b26-12-/t18-,19-,20-,21+,22-,23-/m1/s1. The number of rotatable bonds is 6. The van der Waals surface area contributed by atoms with Crippen molar-refractivity contribution in [3.8, 4) is 5.75 Å². The number of nitro benzene ring substituents is 1. The maximum Gasteiger partial charge on any atom is 0.269 e. The van der Waals surface area contributed by atoms with Crippen LogP contribution in [-0.4, -0.2) is 28.0 Å². The van der Waals surface area contributed by atoms with Gasteiger partial charge in [-0.15, -0.1) is 0 Å². The zero-order valence-electron chi connectivity index (χ0n) is 17.6. The maximum absolute atomic E-state index is 13.0. The van der Waals surface area contributed by atoms with Gasteiger partial charge >= 0.3 is 0 Å². The second-order valence-corrected chi connectivity index (χ2v) is 9.17. The van der Waals surface area contributed by atoms with Crippen molar-refractivity contribution in [1.82, 2.24) is 5.01 Å². The van der Waals surface area contributed by atoms with Crippen LogP contribution >= 0.6 is 0 Å². The summed E-state index contributed by atoms with van der Waals surface area (Å²) in [6.45, 7) is 0.281. The lowest BCUT2D eigenvalue weighted by atomic mass is 9.63. The molecule has 8 heteroatoms. The van der Waals surface area contributed by atoms with E-state index in [1.165, 1.54) is 18.3 Å². The highest BCUT2D eigenvalue weighted by molar-refractivity contribution is 6.06. The molecule has 0 spiro atoms. The summed E-state index contributed by atoms with van der Waals surface area (Å²) in [7, 11) is 0. The number of ether oxygens (including phenoxy) is 1. The van der Waals surface area contributed by atoms with Crippen LogP contribution in [0.2, 0.25) is 0 Å². The Kier molecular flexibility index (Phi) is 4.43. The van der Waals surface area contributed by atoms with Crippen LogP contribution in [0.1, 0.15) is 17.5 Å². The Labute approximate surface area is 189 Å². The minimum absolute atomic E-state index is 0.0392. The Bertz CT molecular complexity index is 1170. The molecule has 1 aliphatic heterocycles. The smallest absolute Gasteiger partial charge is 0.269 e. The van der Waals surface area contributed by atoms with Crippen LogP contribution in [0.25, 0.3) is 0 Å². The van der Waals surface area contributed by atoms with Gasteiger partial charge in [0.2, 0.25) is 0 Å². The van der Waals surface area contributed by atoms with E-state index in [1.807, 2.05) is 0 Å². The van der Waals surface area contributed by atoms with Gasteiger partial charge in [0.15, 0.2) is 0 Å². The molecule has 0 aromatic heterocycles.